The molecule has 0 aliphatic heterocycles. The van der Waals surface area contributed by atoms with Crippen LogP contribution in [-0.2, 0) is 4.57 Å². The van der Waals surface area contributed by atoms with Crippen LogP contribution in [0.2, 0.25) is 0 Å². The van der Waals surface area contributed by atoms with Crippen molar-refractivity contribution in [2.75, 3.05) is 0 Å². The number of benzene rings is 7. The van der Waals surface area contributed by atoms with Crippen LogP contribution in [0.25, 0.3) is 54.9 Å². The lowest BCUT2D eigenvalue weighted by Gasteiger charge is -2.24. The Bertz CT molecular complexity index is 2270. The molecule has 1 aliphatic rings. The first-order valence-electron chi connectivity index (χ1n) is 15.9. The first-order valence-corrected chi connectivity index (χ1v) is 17.6. The summed E-state index contributed by atoms with van der Waals surface area (Å²) >= 11 is 0. The first-order chi connectivity index (χ1) is 22.7. The van der Waals surface area contributed by atoms with Gasteiger partial charge >= 0.3 is 0 Å². The SMILES string of the molecule is O=P(C1=CC=CCC1)(c1ccccc1)c1cccc(-c2cccc(-c3c4ccccc4c(-c4ccccc4)c4ccccc34)c2)c1. The molecule has 46 heavy (non-hydrogen) atoms. The van der Waals surface area contributed by atoms with E-state index in [9.17, 15) is 0 Å². The van der Waals surface area contributed by atoms with Crippen molar-refractivity contribution in [3.8, 4) is 33.4 Å². The molecule has 8 rings (SSSR count). The van der Waals surface area contributed by atoms with Gasteiger partial charge < -0.3 is 4.57 Å². The molecule has 0 bridgehead atoms. The first kappa shape index (κ1) is 28.3. The van der Waals surface area contributed by atoms with Gasteiger partial charge in [0.15, 0.2) is 7.14 Å². The van der Waals surface area contributed by atoms with E-state index < -0.39 is 7.14 Å². The molecule has 2 heteroatoms. The highest BCUT2D eigenvalue weighted by atomic mass is 31.2. The van der Waals surface area contributed by atoms with Crippen molar-refractivity contribution in [3.05, 3.63) is 181 Å². The Labute approximate surface area is 270 Å². The molecule has 0 radical (unpaired) electrons. The van der Waals surface area contributed by atoms with E-state index in [0.717, 1.165) is 39.9 Å². The molecule has 1 nitrogen and oxygen atoms in total. The average molecular weight is 609 g/mol. The monoisotopic (exact) mass is 608 g/mol. The van der Waals surface area contributed by atoms with Gasteiger partial charge in [-0.05, 0) is 85.2 Å². The Morgan fingerprint density at radius 2 is 0.913 bits per heavy atom. The Kier molecular flexibility index (Phi) is 7.33. The van der Waals surface area contributed by atoms with E-state index in [0.29, 0.717) is 0 Å². The Morgan fingerprint density at radius 3 is 1.52 bits per heavy atom. The van der Waals surface area contributed by atoms with E-state index in [2.05, 4.69) is 140 Å². The quantitative estimate of drug-likeness (QED) is 0.136. The van der Waals surface area contributed by atoms with Crippen LogP contribution in [0.15, 0.2) is 181 Å². The molecule has 1 aliphatic carbocycles. The van der Waals surface area contributed by atoms with E-state index in [1.165, 1.54) is 43.8 Å². The standard InChI is InChI=1S/C44H33OP/c45-46(36-21-6-2-7-22-36,37-23-8-3-9-24-37)38-25-15-19-34(31-38)33-18-14-20-35(30-33)44-41-28-12-10-26-39(41)43(32-16-4-1-5-17-32)40-27-11-13-29-42(40)44/h1-8,10-23,25-31H,9,24H2. The Morgan fingerprint density at radius 1 is 0.435 bits per heavy atom. The molecule has 0 spiro atoms. The van der Waals surface area contributed by atoms with Gasteiger partial charge in [-0.25, -0.2) is 0 Å². The van der Waals surface area contributed by atoms with Gasteiger partial charge in [0.1, 0.15) is 0 Å². The predicted octanol–water partition coefficient (Wildman–Crippen LogP) is 11.5. The van der Waals surface area contributed by atoms with Crippen LogP contribution in [0, 0.1) is 0 Å². The van der Waals surface area contributed by atoms with Gasteiger partial charge in [0, 0.05) is 10.6 Å². The van der Waals surface area contributed by atoms with Crippen LogP contribution in [0.4, 0.5) is 0 Å². The van der Waals surface area contributed by atoms with Crippen molar-refractivity contribution in [1.82, 2.24) is 0 Å². The second kappa shape index (κ2) is 11.9. The summed E-state index contributed by atoms with van der Waals surface area (Å²) in [6.07, 6.45) is 8.00. The van der Waals surface area contributed by atoms with Crippen LogP contribution in [0.3, 0.4) is 0 Å². The largest absolute Gasteiger partial charge is 0.309 e. The van der Waals surface area contributed by atoms with Gasteiger partial charge in [0.25, 0.3) is 0 Å². The topological polar surface area (TPSA) is 17.1 Å². The summed E-state index contributed by atoms with van der Waals surface area (Å²) in [6, 6.07) is 55.5. The average Bonchev–Trinajstić information content (AvgIpc) is 3.14. The van der Waals surface area contributed by atoms with Crippen LogP contribution in [0.5, 0.6) is 0 Å². The zero-order chi connectivity index (χ0) is 30.9. The molecule has 1 atom stereocenters. The van der Waals surface area contributed by atoms with Crippen molar-refractivity contribution in [2.45, 2.75) is 12.8 Å². The van der Waals surface area contributed by atoms with E-state index >= 15 is 4.57 Å². The summed E-state index contributed by atoms with van der Waals surface area (Å²) in [6.45, 7) is 0. The summed E-state index contributed by atoms with van der Waals surface area (Å²) in [7, 11) is -3.01. The summed E-state index contributed by atoms with van der Waals surface area (Å²) in [5.74, 6) is 0. The van der Waals surface area contributed by atoms with Crippen LogP contribution in [0.1, 0.15) is 12.8 Å². The molecule has 0 N–H and O–H groups in total. The highest BCUT2D eigenvalue weighted by Crippen LogP contribution is 2.54. The number of hydrogen-bond donors (Lipinski definition) is 0. The lowest BCUT2D eigenvalue weighted by atomic mass is 9.85. The van der Waals surface area contributed by atoms with Crippen LogP contribution in [-0.4, -0.2) is 0 Å². The highest BCUT2D eigenvalue weighted by Gasteiger charge is 2.32. The maximum atomic E-state index is 15.2. The second-order valence-corrected chi connectivity index (χ2v) is 14.7. The summed E-state index contributed by atoms with van der Waals surface area (Å²) in [4.78, 5) is 0. The van der Waals surface area contributed by atoms with Gasteiger partial charge in [0.2, 0.25) is 0 Å². The van der Waals surface area contributed by atoms with Gasteiger partial charge in [0.05, 0.1) is 0 Å². The summed E-state index contributed by atoms with van der Waals surface area (Å²) < 4.78 is 15.2. The van der Waals surface area contributed by atoms with Crippen molar-refractivity contribution in [3.63, 3.8) is 0 Å². The van der Waals surface area contributed by atoms with Gasteiger partial charge in [-0.15, -0.1) is 0 Å². The molecule has 0 saturated heterocycles. The molecule has 7 aromatic rings. The molecular formula is C44H33OP. The minimum absolute atomic E-state index is 0.807. The molecule has 0 aromatic heterocycles. The third-order valence-electron chi connectivity index (χ3n) is 9.20. The fourth-order valence-electron chi connectivity index (χ4n) is 7.06. The van der Waals surface area contributed by atoms with Crippen molar-refractivity contribution >= 4 is 39.3 Å². The zero-order valence-corrected chi connectivity index (χ0v) is 26.4. The highest BCUT2D eigenvalue weighted by molar-refractivity contribution is 7.82. The van der Waals surface area contributed by atoms with Gasteiger partial charge in [-0.1, -0.05) is 164 Å². The lowest BCUT2D eigenvalue weighted by Crippen LogP contribution is -2.18. The van der Waals surface area contributed by atoms with Crippen LogP contribution < -0.4 is 10.6 Å². The molecule has 220 valence electrons. The third kappa shape index (κ3) is 4.85. The Balaban J connectivity index is 1.31. The van der Waals surface area contributed by atoms with Crippen LogP contribution >= 0.6 is 7.14 Å². The zero-order valence-electron chi connectivity index (χ0n) is 25.5. The van der Waals surface area contributed by atoms with E-state index in [1.807, 2.05) is 36.4 Å². The molecule has 7 aromatic carbocycles. The van der Waals surface area contributed by atoms with E-state index in [1.54, 1.807) is 0 Å². The fraction of sp³-hybridized carbons (Fsp3) is 0.0455. The minimum atomic E-state index is -3.01. The minimum Gasteiger partial charge on any atom is -0.309 e. The smallest absolute Gasteiger partial charge is 0.167 e. The van der Waals surface area contributed by atoms with Gasteiger partial charge in [-0.3, -0.25) is 0 Å². The van der Waals surface area contributed by atoms with Gasteiger partial charge in [-0.2, -0.15) is 0 Å². The number of hydrogen-bond acceptors (Lipinski definition) is 1. The summed E-state index contributed by atoms with van der Waals surface area (Å²) in [5.41, 5.74) is 7.06. The van der Waals surface area contributed by atoms with E-state index in [-0.39, 0.29) is 0 Å². The third-order valence-corrected chi connectivity index (χ3v) is 12.4. The number of rotatable bonds is 6. The maximum Gasteiger partial charge on any atom is 0.167 e. The normalized spacial score (nSPS) is 14.2. The second-order valence-electron chi connectivity index (χ2n) is 11.9. The number of allylic oxidation sites excluding steroid dienone is 4. The summed E-state index contributed by atoms with van der Waals surface area (Å²) in [5, 5.41) is 7.74. The van der Waals surface area contributed by atoms with Crippen molar-refractivity contribution in [2.24, 2.45) is 0 Å². The molecule has 0 amide bonds. The predicted molar refractivity (Wildman–Crippen MR) is 198 cm³/mol. The van der Waals surface area contributed by atoms with Crippen molar-refractivity contribution in [1.29, 1.82) is 0 Å². The molecular weight excluding hydrogens is 575 g/mol. The Hall–Kier alpha value is -5.23. The lowest BCUT2D eigenvalue weighted by molar-refractivity contribution is 0.589. The molecule has 0 heterocycles. The maximum absolute atomic E-state index is 15.2. The fourth-order valence-corrected chi connectivity index (χ4v) is 9.97. The molecule has 1 unspecified atom stereocenters. The molecule has 0 saturated carbocycles. The van der Waals surface area contributed by atoms with E-state index in [4.69, 9.17) is 0 Å². The molecule has 0 fully saturated rings. The number of fused-ring (bicyclic) bond motifs is 2. The van der Waals surface area contributed by atoms with Crippen molar-refractivity contribution < 1.29 is 4.57 Å².